The van der Waals surface area contributed by atoms with Gasteiger partial charge in [0.05, 0.1) is 17.2 Å². The van der Waals surface area contributed by atoms with Crippen LogP contribution in [0.15, 0.2) is 16.6 Å². The first kappa shape index (κ1) is 16.6. The topological polar surface area (TPSA) is 41.9 Å². The number of halogens is 1. The second-order valence-corrected chi connectivity index (χ2v) is 6.17. The van der Waals surface area contributed by atoms with E-state index in [0.29, 0.717) is 22.9 Å². The Morgan fingerprint density at radius 1 is 1.43 bits per heavy atom. The van der Waals surface area contributed by atoms with E-state index < -0.39 is 0 Å². The molecule has 4 nitrogen and oxygen atoms in total. The third-order valence-corrected chi connectivity index (χ3v) is 4.33. The Labute approximate surface area is 135 Å². The molecular formula is C16H24BrNO3. The standard InChI is InChI=1S/C16H24BrNO3/c1-3-18(11-13-6-5-7-21-13)10-12-8-14(17)16(19)15(9-12)20-4-2/h8-9,13,19H,3-7,10-11H2,1-2H3. The van der Waals surface area contributed by atoms with Crippen molar-refractivity contribution in [1.29, 1.82) is 0 Å². The van der Waals surface area contributed by atoms with Gasteiger partial charge in [0, 0.05) is 19.7 Å². The van der Waals surface area contributed by atoms with Gasteiger partial charge in [-0.2, -0.15) is 0 Å². The summed E-state index contributed by atoms with van der Waals surface area (Å²) in [4.78, 5) is 2.37. The first-order chi connectivity index (χ1) is 10.1. The molecule has 1 aromatic carbocycles. The molecule has 1 aliphatic heterocycles. The third kappa shape index (κ3) is 4.59. The van der Waals surface area contributed by atoms with Crippen molar-refractivity contribution in [3.63, 3.8) is 0 Å². The zero-order valence-corrected chi connectivity index (χ0v) is 14.4. The van der Waals surface area contributed by atoms with Crippen LogP contribution in [0.1, 0.15) is 32.3 Å². The lowest BCUT2D eigenvalue weighted by molar-refractivity contribution is 0.0724. The zero-order valence-electron chi connectivity index (χ0n) is 12.8. The van der Waals surface area contributed by atoms with E-state index in [4.69, 9.17) is 9.47 Å². The van der Waals surface area contributed by atoms with Gasteiger partial charge >= 0.3 is 0 Å². The highest BCUT2D eigenvalue weighted by molar-refractivity contribution is 9.10. The van der Waals surface area contributed by atoms with Crippen molar-refractivity contribution in [3.8, 4) is 11.5 Å². The first-order valence-electron chi connectivity index (χ1n) is 7.62. The molecule has 0 aliphatic carbocycles. The fourth-order valence-corrected chi connectivity index (χ4v) is 3.11. The van der Waals surface area contributed by atoms with Gasteiger partial charge in [0.2, 0.25) is 0 Å². The molecule has 0 radical (unpaired) electrons. The average Bonchev–Trinajstić information content (AvgIpc) is 2.96. The van der Waals surface area contributed by atoms with Gasteiger partial charge in [-0.3, -0.25) is 4.90 Å². The predicted octanol–water partition coefficient (Wildman–Crippen LogP) is 3.55. The number of rotatable bonds is 7. The summed E-state index contributed by atoms with van der Waals surface area (Å²) in [6, 6.07) is 3.87. The molecule has 1 aliphatic rings. The second kappa shape index (κ2) is 8.01. The molecule has 1 aromatic rings. The van der Waals surface area contributed by atoms with Gasteiger partial charge in [-0.15, -0.1) is 0 Å². The molecule has 2 rings (SSSR count). The first-order valence-corrected chi connectivity index (χ1v) is 8.41. The lowest BCUT2D eigenvalue weighted by Gasteiger charge is -2.24. The van der Waals surface area contributed by atoms with Crippen LogP contribution >= 0.6 is 15.9 Å². The number of benzene rings is 1. The van der Waals surface area contributed by atoms with Crippen LogP contribution in [-0.4, -0.2) is 42.4 Å². The summed E-state index contributed by atoms with van der Waals surface area (Å²) >= 11 is 3.39. The highest BCUT2D eigenvalue weighted by atomic mass is 79.9. The number of aromatic hydroxyl groups is 1. The number of ether oxygens (including phenoxy) is 2. The van der Waals surface area contributed by atoms with Crippen molar-refractivity contribution in [2.24, 2.45) is 0 Å². The molecule has 0 aromatic heterocycles. The number of nitrogens with zero attached hydrogens (tertiary/aromatic N) is 1. The van der Waals surface area contributed by atoms with Gasteiger partial charge in [-0.05, 0) is 59.9 Å². The fourth-order valence-electron chi connectivity index (χ4n) is 2.62. The van der Waals surface area contributed by atoms with E-state index in [2.05, 4.69) is 27.8 Å². The SMILES string of the molecule is CCOc1cc(CN(CC)CC2CCCO2)cc(Br)c1O. The quantitative estimate of drug-likeness (QED) is 0.809. The Morgan fingerprint density at radius 2 is 2.24 bits per heavy atom. The minimum absolute atomic E-state index is 0.169. The van der Waals surface area contributed by atoms with Gasteiger partial charge in [0.15, 0.2) is 11.5 Å². The van der Waals surface area contributed by atoms with Crippen molar-refractivity contribution >= 4 is 15.9 Å². The molecule has 1 fully saturated rings. The van der Waals surface area contributed by atoms with Crippen molar-refractivity contribution in [2.75, 3.05) is 26.3 Å². The van der Waals surface area contributed by atoms with Gasteiger partial charge in [-0.1, -0.05) is 6.92 Å². The molecular weight excluding hydrogens is 334 g/mol. The highest BCUT2D eigenvalue weighted by Gasteiger charge is 2.19. The van der Waals surface area contributed by atoms with Crippen LogP contribution in [-0.2, 0) is 11.3 Å². The normalized spacial score (nSPS) is 18.4. The molecule has 0 amide bonds. The van der Waals surface area contributed by atoms with Crippen LogP contribution < -0.4 is 4.74 Å². The van der Waals surface area contributed by atoms with E-state index in [1.54, 1.807) is 0 Å². The van der Waals surface area contributed by atoms with Crippen molar-refractivity contribution in [2.45, 2.75) is 39.3 Å². The monoisotopic (exact) mass is 357 g/mol. The van der Waals surface area contributed by atoms with Crippen molar-refractivity contribution in [3.05, 3.63) is 22.2 Å². The van der Waals surface area contributed by atoms with Gasteiger partial charge in [0.1, 0.15) is 0 Å². The maximum absolute atomic E-state index is 9.97. The van der Waals surface area contributed by atoms with Gasteiger partial charge < -0.3 is 14.6 Å². The molecule has 1 atom stereocenters. The molecule has 0 spiro atoms. The Bertz CT molecular complexity index is 461. The number of likely N-dealkylation sites (N-methyl/N-ethyl adjacent to an activating group) is 1. The van der Waals surface area contributed by atoms with E-state index in [1.807, 2.05) is 19.1 Å². The largest absolute Gasteiger partial charge is 0.503 e. The Kier molecular flexibility index (Phi) is 6.33. The molecule has 0 saturated carbocycles. The molecule has 1 unspecified atom stereocenters. The molecule has 1 saturated heterocycles. The second-order valence-electron chi connectivity index (χ2n) is 5.32. The number of hydrogen-bond acceptors (Lipinski definition) is 4. The lowest BCUT2D eigenvalue weighted by atomic mass is 10.1. The minimum Gasteiger partial charge on any atom is -0.503 e. The average molecular weight is 358 g/mol. The van der Waals surface area contributed by atoms with E-state index >= 15 is 0 Å². The summed E-state index contributed by atoms with van der Waals surface area (Å²) in [7, 11) is 0. The third-order valence-electron chi connectivity index (χ3n) is 3.73. The number of phenolic OH excluding ortho intramolecular Hbond substituents is 1. The Morgan fingerprint density at radius 3 is 2.86 bits per heavy atom. The summed E-state index contributed by atoms with van der Waals surface area (Å²) in [5.74, 6) is 0.706. The lowest BCUT2D eigenvalue weighted by Crippen LogP contribution is -2.31. The summed E-state index contributed by atoms with van der Waals surface area (Å²) in [5, 5.41) is 9.97. The van der Waals surface area contributed by atoms with Crippen molar-refractivity contribution in [1.82, 2.24) is 4.90 Å². The fraction of sp³-hybridized carbons (Fsp3) is 0.625. The smallest absolute Gasteiger partial charge is 0.172 e. The van der Waals surface area contributed by atoms with Crippen molar-refractivity contribution < 1.29 is 14.6 Å². The summed E-state index contributed by atoms with van der Waals surface area (Å²) < 4.78 is 11.9. The zero-order chi connectivity index (χ0) is 15.2. The summed E-state index contributed by atoms with van der Waals surface area (Å²) in [6.45, 7) is 8.26. The van der Waals surface area contributed by atoms with E-state index in [-0.39, 0.29) is 5.75 Å². The molecule has 21 heavy (non-hydrogen) atoms. The number of phenols is 1. The minimum atomic E-state index is 0.169. The van der Waals surface area contributed by atoms with E-state index in [9.17, 15) is 5.11 Å². The molecule has 1 N–H and O–H groups in total. The maximum atomic E-state index is 9.97. The summed E-state index contributed by atoms with van der Waals surface area (Å²) in [5.41, 5.74) is 1.13. The summed E-state index contributed by atoms with van der Waals surface area (Å²) in [6.07, 6.45) is 2.68. The van der Waals surface area contributed by atoms with Crippen LogP contribution in [0.2, 0.25) is 0 Å². The molecule has 118 valence electrons. The molecule has 1 heterocycles. The van der Waals surface area contributed by atoms with Crippen LogP contribution in [0.3, 0.4) is 0 Å². The van der Waals surface area contributed by atoms with Gasteiger partial charge in [0.25, 0.3) is 0 Å². The molecule has 0 bridgehead atoms. The van der Waals surface area contributed by atoms with E-state index in [1.165, 1.54) is 6.42 Å². The van der Waals surface area contributed by atoms with Crippen LogP contribution in [0.4, 0.5) is 0 Å². The van der Waals surface area contributed by atoms with Crippen LogP contribution in [0.25, 0.3) is 0 Å². The van der Waals surface area contributed by atoms with Crippen LogP contribution in [0, 0.1) is 0 Å². The predicted molar refractivity (Wildman–Crippen MR) is 86.9 cm³/mol. The Balaban J connectivity index is 2.05. The maximum Gasteiger partial charge on any atom is 0.172 e. The Hall–Kier alpha value is -0.780. The highest BCUT2D eigenvalue weighted by Crippen LogP contribution is 2.35. The van der Waals surface area contributed by atoms with Crippen LogP contribution in [0.5, 0.6) is 11.5 Å². The molecule has 5 heteroatoms. The number of hydrogen-bond donors (Lipinski definition) is 1. The van der Waals surface area contributed by atoms with Gasteiger partial charge in [-0.25, -0.2) is 0 Å². The van der Waals surface area contributed by atoms with E-state index in [0.717, 1.165) is 38.2 Å².